The lowest BCUT2D eigenvalue weighted by molar-refractivity contribution is -0.241. The molecular weight excluding hydrogens is 581 g/mol. The van der Waals surface area contributed by atoms with Crippen LogP contribution in [0.4, 0.5) is 5.69 Å². The minimum absolute atomic E-state index is 0.0982. The summed E-state index contributed by atoms with van der Waals surface area (Å²) in [5, 5.41) is 41.0. The fraction of sp³-hybridized carbons (Fsp3) is 0.323. The van der Waals surface area contributed by atoms with Crippen LogP contribution in [0.25, 0.3) is 10.9 Å². The molecule has 1 saturated carbocycles. The minimum atomic E-state index is -1.44. The van der Waals surface area contributed by atoms with Crippen LogP contribution < -0.4 is 10.6 Å². The molecule has 2 fully saturated rings. The summed E-state index contributed by atoms with van der Waals surface area (Å²) in [4.78, 5) is 0. The number of aromatic nitrogens is 1. The summed E-state index contributed by atoms with van der Waals surface area (Å²) in [5.74, 6) is 0.692. The molecule has 3 aromatic carbocycles. The number of nitrogens with one attached hydrogen (secondary N) is 2. The number of rotatable bonds is 7. The molecule has 0 amide bonds. The summed E-state index contributed by atoms with van der Waals surface area (Å²) < 4.78 is 8.03. The number of halogens is 2. The maximum absolute atomic E-state index is 11.0. The van der Waals surface area contributed by atoms with E-state index in [1.165, 1.54) is 18.4 Å². The Labute approximate surface area is 253 Å². The summed E-state index contributed by atoms with van der Waals surface area (Å²) in [6.45, 7) is 0.0982. The molecule has 5 atom stereocenters. The van der Waals surface area contributed by atoms with Crippen molar-refractivity contribution >= 4 is 57.1 Å². The Hall–Kier alpha value is -2.69. The van der Waals surface area contributed by atoms with Crippen LogP contribution in [0, 0.1) is 0 Å². The molecule has 0 bridgehead atoms. The molecule has 1 aliphatic carbocycles. The number of aliphatic hydroxyl groups excluding tert-OH is 3. The fourth-order valence-corrected chi connectivity index (χ4v) is 6.09. The molecule has 0 radical (unpaired) electrons. The van der Waals surface area contributed by atoms with Crippen molar-refractivity contribution in [1.82, 2.24) is 9.88 Å². The Morgan fingerprint density at radius 3 is 2.37 bits per heavy atom. The zero-order valence-corrected chi connectivity index (χ0v) is 24.4. The van der Waals surface area contributed by atoms with Crippen LogP contribution in [0.2, 0.25) is 10.0 Å². The first-order valence-corrected chi connectivity index (χ1v) is 14.8. The molecule has 1 aliphatic heterocycles. The third kappa shape index (κ3) is 6.10. The van der Waals surface area contributed by atoms with Crippen LogP contribution in [-0.2, 0) is 11.2 Å². The monoisotopic (exact) mass is 611 g/mol. The SMILES string of the molecule is O[C@@H]1[C@@H](O)[C@H](n2cc(Cc3ccc(C4CC4)cc3)c3c(Cl)cccc32)O[C@H](CNC(=S)Nc2ccc(Cl)cc2)[C@H]1O. The second-order valence-corrected chi connectivity index (χ2v) is 12.0. The largest absolute Gasteiger partial charge is 0.388 e. The molecule has 214 valence electrons. The first-order valence-electron chi connectivity index (χ1n) is 13.7. The second-order valence-electron chi connectivity index (χ2n) is 10.8. The summed E-state index contributed by atoms with van der Waals surface area (Å²) in [7, 11) is 0. The van der Waals surface area contributed by atoms with E-state index in [-0.39, 0.29) is 6.54 Å². The normalized spacial score (nSPS) is 24.4. The molecule has 2 heterocycles. The first kappa shape index (κ1) is 28.4. The van der Waals surface area contributed by atoms with E-state index in [0.29, 0.717) is 27.5 Å². The van der Waals surface area contributed by atoms with E-state index in [4.69, 9.17) is 40.2 Å². The van der Waals surface area contributed by atoms with Gasteiger partial charge in [0.2, 0.25) is 0 Å². The number of benzene rings is 3. The first-order chi connectivity index (χ1) is 19.8. The molecule has 41 heavy (non-hydrogen) atoms. The number of ether oxygens (including phenoxy) is 1. The Bertz CT molecular complexity index is 1540. The van der Waals surface area contributed by atoms with Crippen molar-refractivity contribution in [1.29, 1.82) is 0 Å². The van der Waals surface area contributed by atoms with Crippen molar-refractivity contribution in [2.24, 2.45) is 0 Å². The zero-order chi connectivity index (χ0) is 28.7. The van der Waals surface area contributed by atoms with Crippen molar-refractivity contribution in [3.63, 3.8) is 0 Å². The van der Waals surface area contributed by atoms with E-state index in [9.17, 15) is 15.3 Å². The number of aliphatic hydroxyl groups is 3. The predicted octanol–water partition coefficient (Wildman–Crippen LogP) is 5.38. The number of nitrogens with zero attached hydrogens (tertiary/aromatic N) is 1. The average molecular weight is 613 g/mol. The molecule has 10 heteroatoms. The van der Waals surface area contributed by atoms with Crippen molar-refractivity contribution in [2.75, 3.05) is 11.9 Å². The molecule has 6 rings (SSSR count). The molecule has 1 saturated heterocycles. The highest BCUT2D eigenvalue weighted by Gasteiger charge is 2.45. The Morgan fingerprint density at radius 2 is 1.66 bits per heavy atom. The van der Waals surface area contributed by atoms with Gasteiger partial charge >= 0.3 is 0 Å². The van der Waals surface area contributed by atoms with Crippen molar-refractivity contribution in [2.45, 2.75) is 55.8 Å². The smallest absolute Gasteiger partial charge is 0.170 e. The van der Waals surface area contributed by atoms with Gasteiger partial charge < -0.3 is 35.3 Å². The summed E-state index contributed by atoms with van der Waals surface area (Å²) in [5.41, 5.74) is 5.02. The highest BCUT2D eigenvalue weighted by atomic mass is 35.5. The third-order valence-electron chi connectivity index (χ3n) is 7.84. The lowest BCUT2D eigenvalue weighted by Crippen LogP contribution is -2.58. The maximum atomic E-state index is 11.0. The lowest BCUT2D eigenvalue weighted by atomic mass is 9.97. The van der Waals surface area contributed by atoms with Gasteiger partial charge in [-0.1, -0.05) is 53.5 Å². The third-order valence-corrected chi connectivity index (χ3v) is 8.65. The van der Waals surface area contributed by atoms with Gasteiger partial charge in [0.15, 0.2) is 11.3 Å². The molecule has 0 unspecified atom stereocenters. The summed E-state index contributed by atoms with van der Waals surface area (Å²) in [6.07, 6.45) is -0.899. The zero-order valence-electron chi connectivity index (χ0n) is 22.1. The van der Waals surface area contributed by atoms with Crippen LogP contribution in [0.1, 0.15) is 41.7 Å². The van der Waals surface area contributed by atoms with E-state index < -0.39 is 30.6 Å². The Kier molecular flexibility index (Phi) is 8.25. The fourth-order valence-electron chi connectivity index (χ4n) is 5.47. The van der Waals surface area contributed by atoms with Gasteiger partial charge in [-0.15, -0.1) is 0 Å². The van der Waals surface area contributed by atoms with Crippen molar-refractivity contribution in [3.05, 3.63) is 99.7 Å². The highest BCUT2D eigenvalue weighted by Crippen LogP contribution is 2.40. The van der Waals surface area contributed by atoms with Crippen molar-refractivity contribution < 1.29 is 20.1 Å². The topological polar surface area (TPSA) is 98.9 Å². The number of thiocarbonyl (C=S) groups is 1. The molecule has 2 aliphatic rings. The average Bonchev–Trinajstić information content (AvgIpc) is 3.75. The van der Waals surface area contributed by atoms with Gasteiger partial charge in [-0.25, -0.2) is 0 Å². The van der Waals surface area contributed by atoms with Gasteiger partial charge in [0.25, 0.3) is 0 Å². The number of fused-ring (bicyclic) bond motifs is 1. The van der Waals surface area contributed by atoms with Crippen LogP contribution in [0.5, 0.6) is 0 Å². The lowest BCUT2D eigenvalue weighted by Gasteiger charge is -2.41. The Morgan fingerprint density at radius 1 is 0.927 bits per heavy atom. The van der Waals surface area contributed by atoms with Gasteiger partial charge in [0.05, 0.1) is 10.5 Å². The van der Waals surface area contributed by atoms with Crippen molar-refractivity contribution in [3.8, 4) is 0 Å². The molecule has 5 N–H and O–H groups in total. The number of hydrogen-bond acceptors (Lipinski definition) is 5. The van der Waals surface area contributed by atoms with Crippen LogP contribution in [0.3, 0.4) is 0 Å². The van der Waals surface area contributed by atoms with E-state index in [1.807, 2.05) is 24.4 Å². The Balaban J connectivity index is 1.22. The van der Waals surface area contributed by atoms with Gasteiger partial charge in [-0.3, -0.25) is 0 Å². The molecule has 7 nitrogen and oxygen atoms in total. The van der Waals surface area contributed by atoms with Gasteiger partial charge in [-0.05, 0) is 90.5 Å². The van der Waals surface area contributed by atoms with E-state index >= 15 is 0 Å². The number of anilines is 1. The van der Waals surface area contributed by atoms with Crippen LogP contribution >= 0.6 is 35.4 Å². The van der Waals surface area contributed by atoms with Gasteiger partial charge in [0.1, 0.15) is 24.4 Å². The maximum Gasteiger partial charge on any atom is 0.170 e. The second kappa shape index (κ2) is 11.9. The number of hydrogen-bond donors (Lipinski definition) is 5. The van der Waals surface area contributed by atoms with E-state index in [0.717, 1.165) is 27.7 Å². The van der Waals surface area contributed by atoms with Crippen LogP contribution in [-0.4, -0.2) is 56.0 Å². The van der Waals surface area contributed by atoms with Crippen LogP contribution in [0.15, 0.2) is 72.9 Å². The standard InChI is InChI=1S/C31H31Cl2N3O4S/c32-21-10-12-22(13-11-21)35-31(41)34-15-25-27(37)28(38)29(39)30(40-25)36-16-20(26-23(33)2-1-3-24(26)36)14-17-4-6-18(7-5-17)19-8-9-19/h1-7,10-13,16,19,25,27-30,37-39H,8-9,14-15H2,(H2,34,35,41)/t25-,27-,28+,29-,30-/m1/s1. The van der Waals surface area contributed by atoms with E-state index in [1.54, 1.807) is 28.8 Å². The highest BCUT2D eigenvalue weighted by molar-refractivity contribution is 7.80. The van der Waals surface area contributed by atoms with Gasteiger partial charge in [0, 0.05) is 28.8 Å². The molecule has 0 spiro atoms. The molecule has 1 aromatic heterocycles. The quantitative estimate of drug-likeness (QED) is 0.179. The summed E-state index contributed by atoms with van der Waals surface area (Å²) >= 11 is 18.0. The predicted molar refractivity (Wildman–Crippen MR) is 166 cm³/mol. The minimum Gasteiger partial charge on any atom is -0.388 e. The van der Waals surface area contributed by atoms with E-state index in [2.05, 4.69) is 34.9 Å². The molecule has 4 aromatic rings. The molecular formula is C31H31Cl2N3O4S. The van der Waals surface area contributed by atoms with Gasteiger partial charge in [-0.2, -0.15) is 0 Å². The summed E-state index contributed by atoms with van der Waals surface area (Å²) in [6, 6.07) is 21.4.